The van der Waals surface area contributed by atoms with Crippen molar-refractivity contribution in [1.82, 2.24) is 0 Å². The lowest BCUT2D eigenvalue weighted by Gasteiger charge is -2.19. The minimum absolute atomic E-state index is 0.118. The van der Waals surface area contributed by atoms with Gasteiger partial charge in [-0.1, -0.05) is 19.3 Å². The number of nitriles is 1. The minimum Gasteiger partial charge on any atom is -0.254 e. The van der Waals surface area contributed by atoms with E-state index in [-0.39, 0.29) is 10.8 Å². The summed E-state index contributed by atoms with van der Waals surface area (Å²) in [5.74, 6) is -1.61. The zero-order valence-electron chi connectivity index (χ0n) is 10.4. The Labute approximate surface area is 113 Å². The monoisotopic (exact) mass is 283 g/mol. The van der Waals surface area contributed by atoms with Crippen molar-refractivity contribution >= 4 is 10.8 Å². The summed E-state index contributed by atoms with van der Waals surface area (Å²) in [5, 5.41) is 8.75. The van der Waals surface area contributed by atoms with Crippen LogP contribution in [-0.4, -0.2) is 9.46 Å². The number of nitrogens with zero attached hydrogens (tertiary/aromatic N) is 1. The SMILES string of the molecule is N#CC1CCCCCC1S(=O)c1cc(F)ccc1F. The Hall–Kier alpha value is -1.28. The fourth-order valence-electron chi connectivity index (χ4n) is 2.47. The van der Waals surface area contributed by atoms with Crippen LogP contribution < -0.4 is 0 Å². The second kappa shape index (κ2) is 6.25. The molecule has 0 amide bonds. The average Bonchev–Trinajstić information content (AvgIpc) is 2.65. The molecule has 0 radical (unpaired) electrons. The summed E-state index contributed by atoms with van der Waals surface area (Å²) in [6, 6.07) is 5.14. The Morgan fingerprint density at radius 1 is 1.21 bits per heavy atom. The lowest BCUT2D eigenvalue weighted by molar-refractivity contribution is 0.548. The van der Waals surface area contributed by atoms with E-state index in [0.717, 1.165) is 37.5 Å². The molecule has 102 valence electrons. The average molecular weight is 283 g/mol. The molecular weight excluding hydrogens is 268 g/mol. The molecule has 5 heteroatoms. The van der Waals surface area contributed by atoms with Crippen molar-refractivity contribution < 1.29 is 13.0 Å². The van der Waals surface area contributed by atoms with Gasteiger partial charge in [-0.15, -0.1) is 0 Å². The quantitative estimate of drug-likeness (QED) is 0.779. The molecule has 1 aromatic carbocycles. The van der Waals surface area contributed by atoms with Gasteiger partial charge in [0.15, 0.2) is 0 Å². The number of rotatable bonds is 2. The number of benzene rings is 1. The maximum absolute atomic E-state index is 13.7. The predicted molar refractivity (Wildman–Crippen MR) is 68.7 cm³/mol. The van der Waals surface area contributed by atoms with Gasteiger partial charge in [0.2, 0.25) is 0 Å². The van der Waals surface area contributed by atoms with Crippen LogP contribution in [0.3, 0.4) is 0 Å². The molecule has 0 N–H and O–H groups in total. The summed E-state index contributed by atoms with van der Waals surface area (Å²) in [7, 11) is -1.67. The third-order valence-corrected chi connectivity index (χ3v) is 5.36. The number of halogens is 2. The van der Waals surface area contributed by atoms with Gasteiger partial charge in [-0.2, -0.15) is 5.26 Å². The molecular formula is C14H15F2NOS. The van der Waals surface area contributed by atoms with Gasteiger partial charge in [-0.05, 0) is 31.0 Å². The molecule has 1 fully saturated rings. The highest BCUT2D eigenvalue weighted by Gasteiger charge is 2.30. The first-order valence-electron chi connectivity index (χ1n) is 6.38. The first kappa shape index (κ1) is 14.1. The molecule has 1 saturated carbocycles. The van der Waals surface area contributed by atoms with Crippen molar-refractivity contribution in [3.8, 4) is 6.07 Å². The molecule has 1 aliphatic carbocycles. The van der Waals surface area contributed by atoms with Crippen LogP contribution in [0.2, 0.25) is 0 Å². The molecule has 0 bridgehead atoms. The van der Waals surface area contributed by atoms with Gasteiger partial charge in [0, 0.05) is 0 Å². The Kier molecular flexibility index (Phi) is 4.65. The highest BCUT2D eigenvalue weighted by Crippen LogP contribution is 2.30. The molecule has 1 aromatic rings. The fourth-order valence-corrected chi connectivity index (χ4v) is 4.16. The van der Waals surface area contributed by atoms with Gasteiger partial charge < -0.3 is 0 Å². The van der Waals surface area contributed by atoms with Gasteiger partial charge in [0.05, 0.1) is 32.9 Å². The molecule has 19 heavy (non-hydrogen) atoms. The minimum atomic E-state index is -1.67. The molecule has 3 atom stereocenters. The number of hydrogen-bond donors (Lipinski definition) is 0. The summed E-state index contributed by atoms with van der Waals surface area (Å²) < 4.78 is 39.3. The van der Waals surface area contributed by atoms with Crippen LogP contribution in [0.4, 0.5) is 8.78 Å². The van der Waals surface area contributed by atoms with Crippen molar-refractivity contribution in [2.24, 2.45) is 5.92 Å². The zero-order valence-corrected chi connectivity index (χ0v) is 11.3. The van der Waals surface area contributed by atoms with E-state index >= 15 is 0 Å². The Morgan fingerprint density at radius 3 is 2.68 bits per heavy atom. The molecule has 0 aromatic heterocycles. The summed E-state index contributed by atoms with van der Waals surface area (Å²) in [5.41, 5.74) is 0. The largest absolute Gasteiger partial charge is 0.254 e. The van der Waals surface area contributed by atoms with Crippen LogP contribution in [0.1, 0.15) is 32.1 Å². The fraction of sp³-hybridized carbons (Fsp3) is 0.500. The predicted octanol–water partition coefficient (Wildman–Crippen LogP) is 3.54. The molecule has 2 nitrogen and oxygen atoms in total. The van der Waals surface area contributed by atoms with Crippen LogP contribution in [-0.2, 0) is 10.8 Å². The second-order valence-corrected chi connectivity index (χ2v) is 6.42. The standard InChI is InChI=1S/C14H15F2NOS/c15-11-6-7-12(16)14(8-11)19(18)13-5-3-1-2-4-10(13)9-17/h6-8,10,13H,1-5H2. The van der Waals surface area contributed by atoms with E-state index in [9.17, 15) is 13.0 Å². The molecule has 0 aliphatic heterocycles. The van der Waals surface area contributed by atoms with Crippen molar-refractivity contribution in [3.63, 3.8) is 0 Å². The molecule has 3 unspecified atom stereocenters. The molecule has 1 aliphatic rings. The summed E-state index contributed by atoms with van der Waals surface area (Å²) in [4.78, 5) is -0.118. The van der Waals surface area contributed by atoms with E-state index in [0.29, 0.717) is 12.8 Å². The van der Waals surface area contributed by atoms with Gasteiger partial charge in [0.25, 0.3) is 0 Å². The maximum atomic E-state index is 13.7. The topological polar surface area (TPSA) is 40.9 Å². The third-order valence-electron chi connectivity index (χ3n) is 3.50. The molecule has 2 rings (SSSR count). The van der Waals surface area contributed by atoms with E-state index in [2.05, 4.69) is 6.07 Å². The van der Waals surface area contributed by atoms with E-state index in [4.69, 9.17) is 5.26 Å². The molecule has 0 heterocycles. The van der Waals surface area contributed by atoms with E-state index in [1.54, 1.807) is 0 Å². The van der Waals surface area contributed by atoms with E-state index in [1.807, 2.05) is 0 Å². The van der Waals surface area contributed by atoms with Crippen molar-refractivity contribution in [3.05, 3.63) is 29.8 Å². The zero-order chi connectivity index (χ0) is 13.8. The maximum Gasteiger partial charge on any atom is 0.139 e. The van der Waals surface area contributed by atoms with E-state index in [1.165, 1.54) is 0 Å². The Morgan fingerprint density at radius 2 is 1.95 bits per heavy atom. The lowest BCUT2D eigenvalue weighted by atomic mass is 10.0. The summed E-state index contributed by atoms with van der Waals surface area (Å²) in [6.07, 6.45) is 4.12. The Bertz CT molecular complexity index is 527. The normalized spacial score (nSPS) is 25.3. The first-order valence-corrected chi connectivity index (χ1v) is 7.60. The van der Waals surface area contributed by atoms with Gasteiger partial charge in [-0.25, -0.2) is 8.78 Å². The highest BCUT2D eigenvalue weighted by atomic mass is 32.2. The molecule has 0 saturated heterocycles. The van der Waals surface area contributed by atoms with Crippen LogP contribution in [0.5, 0.6) is 0 Å². The van der Waals surface area contributed by atoms with Gasteiger partial charge >= 0.3 is 0 Å². The smallest absolute Gasteiger partial charge is 0.139 e. The lowest BCUT2D eigenvalue weighted by Crippen LogP contribution is -2.24. The van der Waals surface area contributed by atoms with Crippen LogP contribution in [0, 0.1) is 28.9 Å². The van der Waals surface area contributed by atoms with Crippen molar-refractivity contribution in [2.75, 3.05) is 0 Å². The highest BCUT2D eigenvalue weighted by molar-refractivity contribution is 7.85. The van der Waals surface area contributed by atoms with E-state index < -0.39 is 27.7 Å². The second-order valence-electron chi connectivity index (χ2n) is 4.78. The third kappa shape index (κ3) is 3.19. The van der Waals surface area contributed by atoms with Gasteiger partial charge in [0.1, 0.15) is 11.6 Å². The van der Waals surface area contributed by atoms with Crippen LogP contribution >= 0.6 is 0 Å². The Balaban J connectivity index is 2.31. The summed E-state index contributed by atoms with van der Waals surface area (Å²) in [6.45, 7) is 0. The van der Waals surface area contributed by atoms with Crippen LogP contribution in [0.25, 0.3) is 0 Å². The number of hydrogen-bond acceptors (Lipinski definition) is 2. The first-order chi connectivity index (χ1) is 9.13. The van der Waals surface area contributed by atoms with Gasteiger partial charge in [-0.3, -0.25) is 4.21 Å². The molecule has 0 spiro atoms. The summed E-state index contributed by atoms with van der Waals surface area (Å²) >= 11 is 0. The van der Waals surface area contributed by atoms with Crippen molar-refractivity contribution in [2.45, 2.75) is 42.2 Å². The van der Waals surface area contributed by atoms with Crippen molar-refractivity contribution in [1.29, 1.82) is 5.26 Å². The van der Waals surface area contributed by atoms with Crippen LogP contribution in [0.15, 0.2) is 23.1 Å².